The summed E-state index contributed by atoms with van der Waals surface area (Å²) < 4.78 is 6.17. The van der Waals surface area contributed by atoms with Gasteiger partial charge in [-0.2, -0.15) is 0 Å². The quantitative estimate of drug-likeness (QED) is 0.342. The summed E-state index contributed by atoms with van der Waals surface area (Å²) in [5, 5.41) is 29.9. The zero-order valence-electron chi connectivity index (χ0n) is 7.24. The maximum atomic E-state index is 9.21. The first kappa shape index (κ1) is 29.8. The summed E-state index contributed by atoms with van der Waals surface area (Å²) in [6, 6.07) is 0. The van der Waals surface area contributed by atoms with Crippen LogP contribution >= 0.6 is 0 Å². The van der Waals surface area contributed by atoms with Crippen LogP contribution in [-0.4, -0.2) is 45.0 Å². The second-order valence-corrected chi connectivity index (χ2v) is 1.27. The van der Waals surface area contributed by atoms with Gasteiger partial charge in [-0.1, -0.05) is 0 Å². The maximum Gasteiger partial charge on any atom is 0.516 e. The smallest absolute Gasteiger partial charge is 0.449 e. The Morgan fingerprint density at radius 1 is 0.529 bits per heavy atom. The Balaban J connectivity index is -0.0000000480. The normalized spacial score (nSPS) is 6.12. The van der Waals surface area contributed by atoms with E-state index in [4.69, 9.17) is 20.4 Å². The average Bonchev–Trinajstić information content (AvgIpc) is 1.79. The van der Waals surface area contributed by atoms with Gasteiger partial charge in [0.2, 0.25) is 0 Å². The molecule has 0 aromatic carbocycles. The summed E-state index contributed by atoms with van der Waals surface area (Å²) in [6.07, 6.45) is -7.25. The maximum absolute atomic E-state index is 9.21. The molecule has 17 heavy (non-hydrogen) atoms. The van der Waals surface area contributed by atoms with E-state index in [1.807, 2.05) is 0 Å². The van der Waals surface area contributed by atoms with Gasteiger partial charge in [0.05, 0.1) is 0 Å². The minimum absolute atomic E-state index is 0. The molecular formula is C4H4Co3O10. The first-order valence-electron chi connectivity index (χ1n) is 2.53. The van der Waals surface area contributed by atoms with Crippen molar-refractivity contribution < 1.29 is 99.4 Å². The van der Waals surface area contributed by atoms with Crippen LogP contribution in [0.25, 0.3) is 0 Å². The van der Waals surface area contributed by atoms with Gasteiger partial charge in [-0.3, -0.25) is 0 Å². The summed E-state index contributed by atoms with van der Waals surface area (Å²) in [5.41, 5.74) is 0. The molecule has 0 aliphatic carbocycles. The number of rotatable bonds is 0. The van der Waals surface area contributed by atoms with Gasteiger partial charge < -0.3 is 29.9 Å². The molecular weight excluding hydrogens is 385 g/mol. The van der Waals surface area contributed by atoms with Crippen molar-refractivity contribution in [3.8, 4) is 0 Å². The van der Waals surface area contributed by atoms with Gasteiger partial charge in [0.1, 0.15) is 0 Å². The van der Waals surface area contributed by atoms with Crippen LogP contribution in [0.15, 0.2) is 0 Å². The van der Waals surface area contributed by atoms with Crippen LogP contribution < -0.4 is 0 Å². The van der Waals surface area contributed by atoms with E-state index in [-0.39, 0.29) is 50.3 Å². The molecule has 0 aliphatic rings. The topological polar surface area (TPSA) is 168 Å². The summed E-state index contributed by atoms with van der Waals surface area (Å²) in [4.78, 5) is 36.8. The number of ether oxygens (including phenoxy) is 2. The molecule has 0 aromatic rings. The van der Waals surface area contributed by atoms with E-state index in [2.05, 4.69) is 9.47 Å². The molecule has 0 atom stereocenters. The molecule has 0 aliphatic heterocycles. The Morgan fingerprint density at radius 2 is 0.647 bits per heavy atom. The molecule has 0 bridgehead atoms. The third-order valence-electron chi connectivity index (χ3n) is 0.349. The van der Waals surface area contributed by atoms with Crippen molar-refractivity contribution in [3.05, 3.63) is 0 Å². The molecule has 0 unspecified atom stereocenters. The van der Waals surface area contributed by atoms with Crippen molar-refractivity contribution in [1.82, 2.24) is 0 Å². The largest absolute Gasteiger partial charge is 0.516 e. The average molecular weight is 389 g/mol. The van der Waals surface area contributed by atoms with Crippen LogP contribution in [0.1, 0.15) is 0 Å². The molecule has 0 fully saturated rings. The standard InChI is InChI=1S/2C2H2O5.3Co/c2*3-1(4)7-2(5)6;;;/h2*(H,3,4)(H,5,6);;;. The fourth-order valence-electron chi connectivity index (χ4n) is 0.149. The predicted octanol–water partition coefficient (Wildman–Crippen LogP) is 0.711. The summed E-state index contributed by atoms with van der Waals surface area (Å²) in [7, 11) is 0. The zero-order valence-corrected chi connectivity index (χ0v) is 10.4. The van der Waals surface area contributed by atoms with Crippen molar-refractivity contribution in [2.75, 3.05) is 0 Å². The molecule has 0 amide bonds. The molecule has 4 N–H and O–H groups in total. The Hall–Kier alpha value is -1.00. The van der Waals surface area contributed by atoms with E-state index in [1.54, 1.807) is 0 Å². The first-order chi connectivity index (χ1) is 6.25. The second-order valence-electron chi connectivity index (χ2n) is 1.27. The molecule has 0 aromatic heterocycles. The number of hydrogen-bond donors (Lipinski definition) is 4. The molecule has 10 nitrogen and oxygen atoms in total. The van der Waals surface area contributed by atoms with Crippen LogP contribution in [0.3, 0.4) is 0 Å². The van der Waals surface area contributed by atoms with Gasteiger partial charge in [0.15, 0.2) is 0 Å². The van der Waals surface area contributed by atoms with Crippen LogP contribution in [0.5, 0.6) is 0 Å². The summed E-state index contributed by atoms with van der Waals surface area (Å²) in [5.74, 6) is 0. The second kappa shape index (κ2) is 17.4. The molecule has 107 valence electrons. The number of hydrogen-bond acceptors (Lipinski definition) is 6. The Kier molecular flexibility index (Phi) is 30.4. The van der Waals surface area contributed by atoms with Gasteiger partial charge in [-0.15, -0.1) is 0 Å². The molecule has 0 spiro atoms. The van der Waals surface area contributed by atoms with Gasteiger partial charge in [-0.25, -0.2) is 19.2 Å². The van der Waals surface area contributed by atoms with Gasteiger partial charge in [0, 0.05) is 50.3 Å². The molecule has 3 radical (unpaired) electrons. The Labute approximate surface area is 124 Å². The van der Waals surface area contributed by atoms with Crippen LogP contribution in [0.4, 0.5) is 19.2 Å². The van der Waals surface area contributed by atoms with E-state index >= 15 is 0 Å². The third kappa shape index (κ3) is 51.7. The van der Waals surface area contributed by atoms with Crippen molar-refractivity contribution in [3.63, 3.8) is 0 Å². The first-order valence-corrected chi connectivity index (χ1v) is 2.53. The fourth-order valence-corrected chi connectivity index (χ4v) is 0.149. The molecule has 0 heterocycles. The third-order valence-corrected chi connectivity index (χ3v) is 0.349. The Morgan fingerprint density at radius 3 is 0.647 bits per heavy atom. The van der Waals surface area contributed by atoms with Crippen molar-refractivity contribution in [2.24, 2.45) is 0 Å². The monoisotopic (exact) mass is 389 g/mol. The summed E-state index contributed by atoms with van der Waals surface area (Å²) in [6.45, 7) is 0. The molecule has 13 heteroatoms. The molecule has 0 rings (SSSR count). The van der Waals surface area contributed by atoms with Crippen LogP contribution in [0, 0.1) is 0 Å². The van der Waals surface area contributed by atoms with E-state index in [0.29, 0.717) is 0 Å². The van der Waals surface area contributed by atoms with Crippen molar-refractivity contribution >= 4 is 24.6 Å². The number of carboxylic acid groups (broad SMARTS) is 4. The van der Waals surface area contributed by atoms with Gasteiger partial charge in [0.25, 0.3) is 0 Å². The van der Waals surface area contributed by atoms with E-state index < -0.39 is 24.6 Å². The number of carbonyl (C=O) groups is 4. The van der Waals surface area contributed by atoms with Gasteiger partial charge >= 0.3 is 24.6 Å². The molecule has 0 saturated heterocycles. The molecule has 0 saturated carbocycles. The predicted molar refractivity (Wildman–Crippen MR) is 34.3 cm³/mol. The minimum Gasteiger partial charge on any atom is -0.449 e. The Bertz CT molecular complexity index is 202. The fraction of sp³-hybridized carbons (Fsp3) is 0. The zero-order chi connectivity index (χ0) is 11.7. The van der Waals surface area contributed by atoms with E-state index in [9.17, 15) is 19.2 Å². The van der Waals surface area contributed by atoms with Crippen molar-refractivity contribution in [1.29, 1.82) is 0 Å². The van der Waals surface area contributed by atoms with E-state index in [1.165, 1.54) is 0 Å². The minimum atomic E-state index is -1.81. The van der Waals surface area contributed by atoms with Crippen LogP contribution in [-0.2, 0) is 59.8 Å². The van der Waals surface area contributed by atoms with Gasteiger partial charge in [-0.05, 0) is 0 Å². The van der Waals surface area contributed by atoms with Crippen molar-refractivity contribution in [2.45, 2.75) is 0 Å². The van der Waals surface area contributed by atoms with E-state index in [0.717, 1.165) is 0 Å². The summed E-state index contributed by atoms with van der Waals surface area (Å²) >= 11 is 0. The van der Waals surface area contributed by atoms with Crippen LogP contribution in [0.2, 0.25) is 0 Å². The SMILES string of the molecule is O=C(O)OC(=O)O.O=C(O)OC(=O)O.[Co].[Co].[Co].